The minimum absolute atomic E-state index is 1.09. The van der Waals surface area contributed by atoms with Crippen LogP contribution in [0.5, 0.6) is 0 Å². The molecule has 1 aromatic heterocycles. The number of rotatable bonds is 7. The van der Waals surface area contributed by atoms with Gasteiger partial charge in [0.1, 0.15) is 0 Å². The zero-order chi connectivity index (χ0) is 35.8. The number of hydrogen-bond acceptors (Lipinski definition) is 1. The number of fused-ring (bicyclic) bond motifs is 4. The minimum Gasteiger partial charge on any atom is -0.310 e. The lowest BCUT2D eigenvalue weighted by molar-refractivity contribution is 1.18. The van der Waals surface area contributed by atoms with Crippen LogP contribution >= 0.6 is 0 Å². The normalized spacial score (nSPS) is 11.3. The molecule has 0 unspecified atom stereocenters. The molecule has 0 radical (unpaired) electrons. The third kappa shape index (κ3) is 5.44. The average molecular weight is 689 g/mol. The summed E-state index contributed by atoms with van der Waals surface area (Å²) in [7, 11) is 0. The van der Waals surface area contributed by atoms with E-state index in [1.165, 1.54) is 60.4 Å². The van der Waals surface area contributed by atoms with Crippen LogP contribution in [0.3, 0.4) is 0 Å². The summed E-state index contributed by atoms with van der Waals surface area (Å²) in [5.41, 5.74) is 14.0. The van der Waals surface area contributed by atoms with Crippen molar-refractivity contribution in [1.29, 1.82) is 0 Å². The van der Waals surface area contributed by atoms with Crippen LogP contribution < -0.4 is 4.90 Å². The summed E-state index contributed by atoms with van der Waals surface area (Å²) in [6.45, 7) is 0. The molecule has 9 aromatic carbocycles. The SMILES string of the molecule is c1ccc(-c2ccccc2N(c2ccc(-c3cccc4ccccc34)cc2)c2ccc3c4ccccc4n(-c4ccccc4-c4ccccc4)c3c2)cc1. The minimum atomic E-state index is 1.09. The van der Waals surface area contributed by atoms with Crippen LogP contribution in [0.15, 0.2) is 218 Å². The molecule has 10 aromatic rings. The van der Waals surface area contributed by atoms with Crippen molar-refractivity contribution < 1.29 is 0 Å². The molecule has 54 heavy (non-hydrogen) atoms. The van der Waals surface area contributed by atoms with Gasteiger partial charge in [-0.05, 0) is 75.5 Å². The zero-order valence-corrected chi connectivity index (χ0v) is 29.7. The first kappa shape index (κ1) is 31.6. The van der Waals surface area contributed by atoms with Crippen LogP contribution in [0.1, 0.15) is 0 Å². The Labute approximate surface area is 315 Å². The predicted octanol–water partition coefficient (Wildman–Crippen LogP) is 14.4. The number of aromatic nitrogens is 1. The van der Waals surface area contributed by atoms with Crippen molar-refractivity contribution >= 4 is 49.6 Å². The van der Waals surface area contributed by atoms with Crippen molar-refractivity contribution in [2.75, 3.05) is 4.90 Å². The maximum absolute atomic E-state index is 2.45. The standard InChI is InChI=1S/C52H36N2/c1-3-16-38(17-4-1)45-23-9-12-27-49(45)53(41-32-30-40(31-33-41)44-26-15-21-37-20-7-8-22-43(37)44)42-34-35-48-47-25-11-14-29-51(47)54(52(48)36-42)50-28-13-10-24-46(50)39-18-5-2-6-19-39/h1-36H. The molecule has 0 atom stereocenters. The van der Waals surface area contributed by atoms with Crippen molar-refractivity contribution in [3.63, 3.8) is 0 Å². The smallest absolute Gasteiger partial charge is 0.0562 e. The number of anilines is 3. The molecule has 0 bridgehead atoms. The fourth-order valence-corrected chi connectivity index (χ4v) is 8.11. The van der Waals surface area contributed by atoms with Gasteiger partial charge in [0.2, 0.25) is 0 Å². The van der Waals surface area contributed by atoms with E-state index in [1.807, 2.05) is 0 Å². The summed E-state index contributed by atoms with van der Waals surface area (Å²) in [4.78, 5) is 2.42. The lowest BCUT2D eigenvalue weighted by Crippen LogP contribution is -2.11. The van der Waals surface area contributed by atoms with E-state index in [4.69, 9.17) is 0 Å². The number of para-hydroxylation sites is 3. The van der Waals surface area contributed by atoms with Gasteiger partial charge in [0.25, 0.3) is 0 Å². The third-order valence-electron chi connectivity index (χ3n) is 10.6. The molecule has 0 aliphatic heterocycles. The van der Waals surface area contributed by atoms with E-state index in [9.17, 15) is 0 Å². The molecule has 2 heteroatoms. The summed E-state index contributed by atoms with van der Waals surface area (Å²) >= 11 is 0. The fourth-order valence-electron chi connectivity index (χ4n) is 8.11. The molecular formula is C52H36N2. The topological polar surface area (TPSA) is 8.17 Å². The van der Waals surface area contributed by atoms with Crippen LogP contribution in [0.2, 0.25) is 0 Å². The van der Waals surface area contributed by atoms with Gasteiger partial charge in [-0.15, -0.1) is 0 Å². The van der Waals surface area contributed by atoms with Gasteiger partial charge in [-0.3, -0.25) is 0 Å². The van der Waals surface area contributed by atoms with Gasteiger partial charge in [-0.1, -0.05) is 176 Å². The molecule has 0 aliphatic rings. The van der Waals surface area contributed by atoms with E-state index in [2.05, 4.69) is 228 Å². The van der Waals surface area contributed by atoms with Gasteiger partial charge in [-0.2, -0.15) is 0 Å². The van der Waals surface area contributed by atoms with Crippen LogP contribution in [-0.4, -0.2) is 4.57 Å². The molecule has 0 saturated heterocycles. The molecule has 0 saturated carbocycles. The zero-order valence-electron chi connectivity index (χ0n) is 29.7. The molecular weight excluding hydrogens is 653 g/mol. The molecule has 0 aliphatic carbocycles. The van der Waals surface area contributed by atoms with Crippen LogP contribution in [-0.2, 0) is 0 Å². The van der Waals surface area contributed by atoms with E-state index in [0.717, 1.165) is 28.3 Å². The molecule has 254 valence electrons. The van der Waals surface area contributed by atoms with Gasteiger partial charge >= 0.3 is 0 Å². The third-order valence-corrected chi connectivity index (χ3v) is 10.6. The lowest BCUT2D eigenvalue weighted by Gasteiger charge is -2.28. The van der Waals surface area contributed by atoms with Crippen molar-refractivity contribution in [2.24, 2.45) is 0 Å². The Morgan fingerprint density at radius 2 is 0.852 bits per heavy atom. The molecule has 2 nitrogen and oxygen atoms in total. The second kappa shape index (κ2) is 13.4. The Morgan fingerprint density at radius 3 is 1.65 bits per heavy atom. The van der Waals surface area contributed by atoms with Crippen LogP contribution in [0.4, 0.5) is 17.1 Å². The molecule has 10 rings (SSSR count). The number of benzene rings is 9. The lowest BCUT2D eigenvalue weighted by atomic mass is 9.97. The highest BCUT2D eigenvalue weighted by Crippen LogP contribution is 2.44. The maximum Gasteiger partial charge on any atom is 0.0562 e. The van der Waals surface area contributed by atoms with Crippen molar-refractivity contribution in [3.8, 4) is 39.1 Å². The van der Waals surface area contributed by atoms with E-state index in [1.54, 1.807) is 0 Å². The maximum atomic E-state index is 2.45. The average Bonchev–Trinajstić information content (AvgIpc) is 3.58. The summed E-state index contributed by atoms with van der Waals surface area (Å²) in [6.07, 6.45) is 0. The quantitative estimate of drug-likeness (QED) is 0.162. The van der Waals surface area contributed by atoms with E-state index in [0.29, 0.717) is 0 Å². The Hall–Kier alpha value is -7.16. The summed E-state index contributed by atoms with van der Waals surface area (Å²) in [6, 6.07) is 78.9. The Balaban J connectivity index is 1.20. The first-order chi connectivity index (χ1) is 26.8. The highest BCUT2D eigenvalue weighted by molar-refractivity contribution is 6.11. The summed E-state index contributed by atoms with van der Waals surface area (Å²) < 4.78 is 2.45. The van der Waals surface area contributed by atoms with E-state index < -0.39 is 0 Å². The van der Waals surface area contributed by atoms with Gasteiger partial charge < -0.3 is 9.47 Å². The van der Waals surface area contributed by atoms with Crippen LogP contribution in [0.25, 0.3) is 71.6 Å². The fraction of sp³-hybridized carbons (Fsp3) is 0. The van der Waals surface area contributed by atoms with Crippen molar-refractivity contribution in [1.82, 2.24) is 4.57 Å². The Bertz CT molecular complexity index is 2920. The van der Waals surface area contributed by atoms with Crippen LogP contribution in [0, 0.1) is 0 Å². The first-order valence-corrected chi connectivity index (χ1v) is 18.5. The van der Waals surface area contributed by atoms with E-state index in [-0.39, 0.29) is 0 Å². The Kier molecular flexibility index (Phi) is 7.85. The van der Waals surface area contributed by atoms with Crippen molar-refractivity contribution in [2.45, 2.75) is 0 Å². The first-order valence-electron chi connectivity index (χ1n) is 18.5. The molecule has 0 N–H and O–H groups in total. The largest absolute Gasteiger partial charge is 0.310 e. The van der Waals surface area contributed by atoms with Crippen molar-refractivity contribution in [3.05, 3.63) is 218 Å². The summed E-state index contributed by atoms with van der Waals surface area (Å²) in [5, 5.41) is 4.96. The molecule has 1 heterocycles. The molecule has 0 fully saturated rings. The molecule has 0 amide bonds. The highest BCUT2D eigenvalue weighted by Gasteiger charge is 2.21. The van der Waals surface area contributed by atoms with E-state index >= 15 is 0 Å². The van der Waals surface area contributed by atoms with Gasteiger partial charge in [0, 0.05) is 33.3 Å². The second-order valence-corrected chi connectivity index (χ2v) is 13.7. The monoisotopic (exact) mass is 688 g/mol. The van der Waals surface area contributed by atoms with Gasteiger partial charge in [0.15, 0.2) is 0 Å². The number of hydrogen-bond donors (Lipinski definition) is 0. The number of nitrogens with zero attached hydrogens (tertiary/aromatic N) is 2. The predicted molar refractivity (Wildman–Crippen MR) is 229 cm³/mol. The Morgan fingerprint density at radius 1 is 0.315 bits per heavy atom. The van der Waals surface area contributed by atoms with Gasteiger partial charge in [-0.25, -0.2) is 0 Å². The second-order valence-electron chi connectivity index (χ2n) is 13.7. The molecule has 0 spiro atoms. The van der Waals surface area contributed by atoms with Gasteiger partial charge in [0.05, 0.1) is 22.4 Å². The summed E-state index contributed by atoms with van der Waals surface area (Å²) in [5.74, 6) is 0. The highest BCUT2D eigenvalue weighted by atomic mass is 15.1.